The van der Waals surface area contributed by atoms with E-state index in [2.05, 4.69) is 26.8 Å². The zero-order valence-corrected chi connectivity index (χ0v) is 17.4. The summed E-state index contributed by atoms with van der Waals surface area (Å²) < 4.78 is 39.0. The van der Waals surface area contributed by atoms with Crippen molar-refractivity contribution in [3.8, 4) is 17.2 Å². The summed E-state index contributed by atoms with van der Waals surface area (Å²) in [5, 5.41) is 29.1. The molecule has 7 nitrogen and oxygen atoms in total. The summed E-state index contributed by atoms with van der Waals surface area (Å²) in [5.41, 5.74) is 1.71. The molecule has 4 aromatic rings. The summed E-state index contributed by atoms with van der Waals surface area (Å²) in [7, 11) is 0. The van der Waals surface area contributed by atoms with Gasteiger partial charge in [-0.05, 0) is 42.3 Å². The lowest BCUT2D eigenvalue weighted by Gasteiger charge is -2.26. The molecule has 2 aromatic carbocycles. The smallest absolute Gasteiger partial charge is 0.372 e. The van der Waals surface area contributed by atoms with Crippen molar-refractivity contribution in [1.82, 2.24) is 19.9 Å². The Bertz CT molecular complexity index is 1320. The van der Waals surface area contributed by atoms with Gasteiger partial charge in [-0.15, -0.1) is 5.10 Å². The fraction of sp³-hybridized carbons (Fsp3) is 0.174. The molecular weight excluding hydrogens is 433 g/mol. The van der Waals surface area contributed by atoms with Crippen LogP contribution >= 0.6 is 0 Å². The Hall–Kier alpha value is -3.94. The van der Waals surface area contributed by atoms with Crippen molar-refractivity contribution in [3.05, 3.63) is 78.0 Å². The van der Waals surface area contributed by atoms with Gasteiger partial charge in [-0.2, -0.15) is 23.4 Å². The van der Waals surface area contributed by atoms with Crippen LogP contribution < -0.4 is 10.6 Å². The van der Waals surface area contributed by atoms with Crippen LogP contribution in [-0.4, -0.2) is 32.4 Å². The largest absolute Gasteiger partial charge is 0.401 e. The molecular formula is C23H19F3N6O. The van der Waals surface area contributed by atoms with Gasteiger partial charge in [-0.25, -0.2) is 4.52 Å². The molecule has 0 bridgehead atoms. The van der Waals surface area contributed by atoms with E-state index < -0.39 is 18.4 Å². The van der Waals surface area contributed by atoms with Crippen LogP contribution in [0.15, 0.2) is 66.9 Å². The average molecular weight is 452 g/mol. The molecule has 2 aromatic heterocycles. The quantitative estimate of drug-likeness (QED) is 0.377. The van der Waals surface area contributed by atoms with E-state index in [-0.39, 0.29) is 0 Å². The molecule has 1 unspecified atom stereocenters. The summed E-state index contributed by atoms with van der Waals surface area (Å²) in [6.07, 6.45) is -2.67. The van der Waals surface area contributed by atoms with Crippen molar-refractivity contribution in [2.75, 3.05) is 11.9 Å². The molecule has 0 saturated carbocycles. The molecule has 33 heavy (non-hydrogen) atoms. The number of nitriles is 1. The van der Waals surface area contributed by atoms with E-state index >= 15 is 0 Å². The van der Waals surface area contributed by atoms with Gasteiger partial charge in [0.05, 0.1) is 17.8 Å². The van der Waals surface area contributed by atoms with E-state index in [0.717, 1.165) is 11.1 Å². The molecule has 0 fully saturated rings. The highest BCUT2D eigenvalue weighted by molar-refractivity contribution is 5.67. The Morgan fingerprint density at radius 2 is 1.73 bits per heavy atom. The van der Waals surface area contributed by atoms with Crippen molar-refractivity contribution in [1.29, 1.82) is 5.26 Å². The molecule has 0 aliphatic rings. The highest BCUT2D eigenvalue weighted by Crippen LogP contribution is 2.26. The van der Waals surface area contributed by atoms with Gasteiger partial charge in [0.25, 0.3) is 0 Å². The maximum absolute atomic E-state index is 12.5. The van der Waals surface area contributed by atoms with Crippen molar-refractivity contribution in [2.45, 2.75) is 18.8 Å². The zero-order valence-electron chi connectivity index (χ0n) is 17.4. The topological polar surface area (TPSA) is 98.3 Å². The minimum absolute atomic E-state index is 0.306. The number of nitrogens with one attached hydrogen (secondary N) is 2. The zero-order chi connectivity index (χ0) is 23.6. The van der Waals surface area contributed by atoms with Crippen molar-refractivity contribution in [3.63, 3.8) is 0 Å². The molecule has 168 valence electrons. The second kappa shape index (κ2) is 8.54. The van der Waals surface area contributed by atoms with Crippen LogP contribution in [-0.2, 0) is 5.72 Å². The van der Waals surface area contributed by atoms with E-state index in [1.54, 1.807) is 65.3 Å². The van der Waals surface area contributed by atoms with E-state index in [1.165, 1.54) is 6.92 Å². The van der Waals surface area contributed by atoms with E-state index in [4.69, 9.17) is 0 Å². The number of rotatable bonds is 6. The Labute approximate surface area is 187 Å². The molecule has 2 heterocycles. The van der Waals surface area contributed by atoms with E-state index in [0.29, 0.717) is 28.4 Å². The molecule has 10 heteroatoms. The van der Waals surface area contributed by atoms with Gasteiger partial charge in [0.15, 0.2) is 5.65 Å². The number of fused-ring (bicyclic) bond motifs is 1. The van der Waals surface area contributed by atoms with Crippen LogP contribution in [0.3, 0.4) is 0 Å². The summed E-state index contributed by atoms with van der Waals surface area (Å²) in [5.74, 6) is 0.331. The first-order valence-electron chi connectivity index (χ1n) is 9.92. The average Bonchev–Trinajstić information content (AvgIpc) is 3.19. The van der Waals surface area contributed by atoms with Gasteiger partial charge in [0, 0.05) is 11.8 Å². The normalized spacial score (nSPS) is 13.5. The van der Waals surface area contributed by atoms with Crippen LogP contribution in [0.5, 0.6) is 0 Å². The molecule has 0 spiro atoms. The Kier molecular flexibility index (Phi) is 5.76. The van der Waals surface area contributed by atoms with Crippen molar-refractivity contribution in [2.24, 2.45) is 0 Å². The number of alkyl halides is 3. The Morgan fingerprint density at radius 3 is 2.42 bits per heavy atom. The van der Waals surface area contributed by atoms with Gasteiger partial charge in [0.1, 0.15) is 11.8 Å². The maximum Gasteiger partial charge on any atom is 0.401 e. The first kappa shape index (κ1) is 22.3. The van der Waals surface area contributed by atoms with Crippen LogP contribution in [0.4, 0.5) is 24.8 Å². The van der Waals surface area contributed by atoms with Gasteiger partial charge < -0.3 is 10.4 Å². The maximum atomic E-state index is 12.5. The summed E-state index contributed by atoms with van der Waals surface area (Å²) in [6.45, 7) is -0.0336. The first-order valence-corrected chi connectivity index (χ1v) is 9.92. The van der Waals surface area contributed by atoms with Crippen LogP contribution in [0.25, 0.3) is 16.8 Å². The third kappa shape index (κ3) is 5.11. The molecule has 0 aliphatic heterocycles. The Balaban J connectivity index is 1.55. The minimum Gasteiger partial charge on any atom is -0.372 e. The number of hydrogen-bond donors (Lipinski definition) is 3. The van der Waals surface area contributed by atoms with Gasteiger partial charge >= 0.3 is 6.18 Å². The molecule has 0 amide bonds. The standard InChI is InChI=1S/C23H19F3N6O/c1-22(33,28-14-23(24,25)26)18-9-6-15(7-10-18)17-8-11-20-30-21(31-32(20)13-17)29-19-5-3-2-4-16(19)12-27/h2-11,13,28,33H,14H2,1H3,(H,29,31). The number of para-hydroxylation sites is 1. The lowest BCUT2D eigenvalue weighted by atomic mass is 10.00. The predicted octanol–water partition coefficient (Wildman–Crippen LogP) is 4.33. The number of aromatic nitrogens is 3. The highest BCUT2D eigenvalue weighted by Gasteiger charge is 2.32. The monoisotopic (exact) mass is 452 g/mol. The molecule has 0 aliphatic carbocycles. The number of anilines is 2. The number of hydrogen-bond acceptors (Lipinski definition) is 6. The lowest BCUT2D eigenvalue weighted by molar-refractivity contribution is -0.140. The predicted molar refractivity (Wildman–Crippen MR) is 116 cm³/mol. The van der Waals surface area contributed by atoms with E-state index in [1.807, 2.05) is 6.07 Å². The second-order valence-electron chi connectivity index (χ2n) is 7.56. The Morgan fingerprint density at radius 1 is 1.03 bits per heavy atom. The van der Waals surface area contributed by atoms with Gasteiger partial charge in [-0.1, -0.05) is 36.4 Å². The fourth-order valence-corrected chi connectivity index (χ4v) is 3.28. The number of halogens is 3. The SMILES string of the molecule is CC(O)(NCC(F)(F)F)c1ccc(-c2ccc3nc(Nc4ccccc4C#N)nn3c2)cc1. The first-order chi connectivity index (χ1) is 15.6. The lowest BCUT2D eigenvalue weighted by Crippen LogP contribution is -2.44. The summed E-state index contributed by atoms with van der Waals surface area (Å²) in [6, 6.07) is 19.3. The van der Waals surface area contributed by atoms with Crippen LogP contribution in [0.2, 0.25) is 0 Å². The second-order valence-corrected chi connectivity index (χ2v) is 7.56. The van der Waals surface area contributed by atoms with Crippen molar-refractivity contribution < 1.29 is 18.3 Å². The molecule has 4 rings (SSSR count). The molecule has 0 saturated heterocycles. The summed E-state index contributed by atoms with van der Waals surface area (Å²) >= 11 is 0. The molecule has 1 atom stereocenters. The third-order valence-corrected chi connectivity index (χ3v) is 5.04. The minimum atomic E-state index is -4.43. The van der Waals surface area contributed by atoms with Crippen LogP contribution in [0, 0.1) is 11.3 Å². The fourth-order valence-electron chi connectivity index (χ4n) is 3.28. The number of aliphatic hydroxyl groups is 1. The number of nitrogens with zero attached hydrogens (tertiary/aromatic N) is 4. The van der Waals surface area contributed by atoms with Gasteiger partial charge in [0.2, 0.25) is 5.95 Å². The molecule has 3 N–H and O–H groups in total. The number of pyridine rings is 1. The summed E-state index contributed by atoms with van der Waals surface area (Å²) in [4.78, 5) is 4.40. The molecule has 0 radical (unpaired) electrons. The highest BCUT2D eigenvalue weighted by atomic mass is 19.4. The number of benzene rings is 2. The van der Waals surface area contributed by atoms with E-state index in [9.17, 15) is 23.5 Å². The third-order valence-electron chi connectivity index (χ3n) is 5.04. The van der Waals surface area contributed by atoms with Crippen LogP contribution in [0.1, 0.15) is 18.1 Å². The van der Waals surface area contributed by atoms with Gasteiger partial charge in [-0.3, -0.25) is 5.32 Å². The van der Waals surface area contributed by atoms with Crippen molar-refractivity contribution >= 4 is 17.3 Å².